The summed E-state index contributed by atoms with van der Waals surface area (Å²) in [4.78, 5) is 69.7. The Bertz CT molecular complexity index is 1980. The summed E-state index contributed by atoms with van der Waals surface area (Å²) in [6.45, 7) is 0. The molecule has 7 rings (SSSR count). The molecular weight excluding hydrogens is 675 g/mol. The second kappa shape index (κ2) is 11.8. The molecule has 0 bridgehead atoms. The fourth-order valence-corrected chi connectivity index (χ4v) is 8.77. The van der Waals surface area contributed by atoms with Gasteiger partial charge in [-0.2, -0.15) is 9.91 Å². The number of hydrogen-bond acceptors (Lipinski definition) is 9. The molecule has 2 aliphatic carbocycles. The number of ether oxygens (including phenoxy) is 2. The van der Waals surface area contributed by atoms with E-state index in [2.05, 4.69) is 5.43 Å². The smallest absolute Gasteiger partial charge is 0.328 e. The number of phenolic OH excluding ortho intramolecular Hbond substituents is 1. The molecule has 6 amide bonds. The highest BCUT2D eigenvalue weighted by Gasteiger charge is 2.70. The predicted octanol–water partition coefficient (Wildman–Crippen LogP) is 4.78. The molecule has 0 aromatic heterocycles. The third-order valence-corrected chi connectivity index (χ3v) is 10.9. The molecule has 49 heavy (non-hydrogen) atoms. The molecule has 3 fully saturated rings. The van der Waals surface area contributed by atoms with Crippen LogP contribution in [0, 0.1) is 23.7 Å². The number of hydrazine groups is 1. The minimum atomic E-state index is -1.62. The normalized spacial score (nSPS) is 27.3. The number of carbonyl (C=O) groups is 5. The summed E-state index contributed by atoms with van der Waals surface area (Å²) in [5, 5.41) is 12.5. The quantitative estimate of drug-likeness (QED) is 0.242. The Kier molecular flexibility index (Phi) is 7.83. The Balaban J connectivity index is 1.47. The summed E-state index contributed by atoms with van der Waals surface area (Å²) < 4.78 is 10.7. The van der Waals surface area contributed by atoms with Gasteiger partial charge in [-0.25, -0.2) is 4.79 Å². The van der Waals surface area contributed by atoms with E-state index in [0.717, 1.165) is 5.01 Å². The van der Waals surface area contributed by atoms with Gasteiger partial charge in [-0.1, -0.05) is 53.1 Å². The number of primary amides is 1. The molecule has 252 valence electrons. The van der Waals surface area contributed by atoms with Gasteiger partial charge in [-0.15, -0.1) is 0 Å². The molecule has 1 saturated carbocycles. The van der Waals surface area contributed by atoms with Gasteiger partial charge >= 0.3 is 6.03 Å². The highest BCUT2D eigenvalue weighted by Crippen LogP contribution is 2.64. The first-order valence-corrected chi connectivity index (χ1v) is 16.2. The number of urea groups is 1. The maximum atomic E-state index is 15.2. The Labute approximate surface area is 290 Å². The van der Waals surface area contributed by atoms with Crippen LogP contribution in [-0.2, 0) is 24.6 Å². The zero-order valence-electron chi connectivity index (χ0n) is 26.2. The predicted molar refractivity (Wildman–Crippen MR) is 177 cm³/mol. The van der Waals surface area contributed by atoms with Gasteiger partial charge in [0.2, 0.25) is 11.8 Å². The molecule has 14 heteroatoms. The van der Waals surface area contributed by atoms with Crippen molar-refractivity contribution in [3.8, 4) is 17.2 Å². The lowest BCUT2D eigenvalue weighted by atomic mass is 9.49. The van der Waals surface area contributed by atoms with Crippen LogP contribution in [-0.4, -0.2) is 58.9 Å². The number of nitrogens with one attached hydrogen (secondary N) is 1. The molecule has 4 aliphatic rings. The van der Waals surface area contributed by atoms with E-state index in [1.807, 2.05) is 6.08 Å². The first-order valence-electron chi connectivity index (χ1n) is 15.4. The van der Waals surface area contributed by atoms with Crippen LogP contribution in [0.25, 0.3) is 0 Å². The highest BCUT2D eigenvalue weighted by molar-refractivity contribution is 6.36. The van der Waals surface area contributed by atoms with Crippen molar-refractivity contribution in [2.45, 2.75) is 24.2 Å². The summed E-state index contributed by atoms with van der Waals surface area (Å²) in [5.41, 5.74) is 8.58. The molecule has 6 atom stereocenters. The standard InChI is InChI=1S/C35H30Cl2N4O8/c1-48-19-7-4-17(5-8-19)35-23(31(44)41(33(35)46)39-25-11-6-18(36)14-24(25)37)15-22-20(29(35)16-3-12-27(49-2)26(42)13-16)9-10-21-28(22)32(45)40(30(21)43)34(38)47/h3-9,11-14,21-23,28-29,39,42H,10,15H2,1-2H3,(H2,38,47)/t21-,22+,23-,28-,29-,35+/m0/s1. The summed E-state index contributed by atoms with van der Waals surface area (Å²) in [6.07, 6.45) is 1.90. The van der Waals surface area contributed by atoms with Gasteiger partial charge in [0, 0.05) is 10.9 Å². The first-order chi connectivity index (χ1) is 23.4. The number of likely N-dealkylation sites (tertiary alicyclic amines) is 1. The van der Waals surface area contributed by atoms with E-state index in [1.165, 1.54) is 26.4 Å². The zero-order valence-corrected chi connectivity index (χ0v) is 27.7. The number of nitrogens with two attached hydrogens (primary N) is 1. The number of rotatable bonds is 6. The fourth-order valence-electron chi connectivity index (χ4n) is 8.32. The molecule has 2 heterocycles. The number of aromatic hydroxyl groups is 1. The number of halogens is 2. The summed E-state index contributed by atoms with van der Waals surface area (Å²) in [6, 6.07) is 14.9. The van der Waals surface area contributed by atoms with Crippen molar-refractivity contribution >= 4 is 58.5 Å². The molecule has 0 spiro atoms. The highest BCUT2D eigenvalue weighted by atomic mass is 35.5. The Morgan fingerprint density at radius 1 is 0.939 bits per heavy atom. The number of phenols is 1. The Morgan fingerprint density at radius 2 is 1.67 bits per heavy atom. The number of allylic oxidation sites excluding steroid dienone is 2. The van der Waals surface area contributed by atoms with E-state index in [0.29, 0.717) is 32.4 Å². The minimum absolute atomic E-state index is 0.0135. The molecule has 2 aliphatic heterocycles. The van der Waals surface area contributed by atoms with Gasteiger partial charge in [-0.05, 0) is 72.4 Å². The van der Waals surface area contributed by atoms with Crippen LogP contribution < -0.4 is 20.6 Å². The number of methoxy groups -OCH3 is 2. The van der Waals surface area contributed by atoms with Gasteiger partial charge in [-0.3, -0.25) is 24.6 Å². The van der Waals surface area contributed by atoms with Crippen molar-refractivity contribution < 1.29 is 38.6 Å². The average molecular weight is 706 g/mol. The second-order valence-electron chi connectivity index (χ2n) is 12.5. The van der Waals surface area contributed by atoms with Crippen LogP contribution in [0.15, 0.2) is 72.3 Å². The van der Waals surface area contributed by atoms with E-state index in [1.54, 1.807) is 48.5 Å². The molecule has 3 aromatic carbocycles. The molecule has 3 aromatic rings. The number of anilines is 1. The average Bonchev–Trinajstić information content (AvgIpc) is 3.46. The fraction of sp³-hybridized carbons (Fsp3) is 0.286. The van der Waals surface area contributed by atoms with Crippen LogP contribution >= 0.6 is 23.2 Å². The summed E-state index contributed by atoms with van der Waals surface area (Å²) in [7, 11) is 2.91. The Hall–Kier alpha value is -5.07. The third-order valence-electron chi connectivity index (χ3n) is 10.3. The molecule has 2 saturated heterocycles. The van der Waals surface area contributed by atoms with Crippen molar-refractivity contribution in [1.82, 2.24) is 9.91 Å². The molecule has 0 unspecified atom stereocenters. The van der Waals surface area contributed by atoms with Crippen molar-refractivity contribution in [2.75, 3.05) is 19.6 Å². The van der Waals surface area contributed by atoms with E-state index < -0.39 is 64.7 Å². The lowest BCUT2D eigenvalue weighted by molar-refractivity contribution is -0.139. The van der Waals surface area contributed by atoms with Crippen LogP contribution in [0.5, 0.6) is 17.2 Å². The molecule has 12 nitrogen and oxygen atoms in total. The van der Waals surface area contributed by atoms with Gasteiger partial charge in [0.15, 0.2) is 11.5 Å². The number of carbonyl (C=O) groups excluding carboxylic acids is 5. The van der Waals surface area contributed by atoms with Gasteiger partial charge in [0.05, 0.1) is 48.1 Å². The van der Waals surface area contributed by atoms with Crippen LogP contribution in [0.3, 0.4) is 0 Å². The topological polar surface area (TPSA) is 169 Å². The molecule has 4 N–H and O–H groups in total. The largest absolute Gasteiger partial charge is 0.504 e. The number of imide groups is 4. The van der Waals surface area contributed by atoms with E-state index >= 15 is 4.79 Å². The van der Waals surface area contributed by atoms with Crippen LogP contribution in [0.2, 0.25) is 10.0 Å². The number of hydrogen-bond donors (Lipinski definition) is 3. The van der Waals surface area contributed by atoms with Crippen molar-refractivity contribution in [3.63, 3.8) is 0 Å². The maximum Gasteiger partial charge on any atom is 0.328 e. The number of amides is 6. The molecular formula is C35H30Cl2N4O8. The number of nitrogens with zero attached hydrogens (tertiary/aromatic N) is 2. The second-order valence-corrected chi connectivity index (χ2v) is 13.3. The SMILES string of the molecule is COc1ccc([C@@]23C(=O)N(Nc4ccc(Cl)cc4Cl)C(=O)[C@@H]2C[C@@H]2C(=CC[C@@H]4C(=O)N(C(N)=O)C(=O)[C@@H]42)[C@@H]3c2ccc(OC)c(O)c2)cc1. The van der Waals surface area contributed by atoms with Crippen molar-refractivity contribution in [3.05, 3.63) is 93.5 Å². The summed E-state index contributed by atoms with van der Waals surface area (Å²) in [5.74, 6) is -6.77. The summed E-state index contributed by atoms with van der Waals surface area (Å²) >= 11 is 12.6. The lowest BCUT2D eigenvalue weighted by Gasteiger charge is -2.50. The van der Waals surface area contributed by atoms with Crippen LogP contribution in [0.4, 0.5) is 10.5 Å². The third kappa shape index (κ3) is 4.68. The van der Waals surface area contributed by atoms with Gasteiger partial charge < -0.3 is 20.3 Å². The minimum Gasteiger partial charge on any atom is -0.504 e. The lowest BCUT2D eigenvalue weighted by Crippen LogP contribution is -2.53. The number of benzene rings is 3. The maximum absolute atomic E-state index is 15.2. The van der Waals surface area contributed by atoms with E-state index in [4.69, 9.17) is 38.4 Å². The van der Waals surface area contributed by atoms with Gasteiger partial charge in [0.1, 0.15) is 5.75 Å². The molecule has 0 radical (unpaired) electrons. The number of fused-ring (bicyclic) bond motifs is 4. The van der Waals surface area contributed by atoms with Crippen molar-refractivity contribution in [2.24, 2.45) is 29.4 Å². The monoisotopic (exact) mass is 704 g/mol. The van der Waals surface area contributed by atoms with Gasteiger partial charge in [0.25, 0.3) is 11.8 Å². The zero-order chi connectivity index (χ0) is 34.9. The first kappa shape index (κ1) is 32.5. The van der Waals surface area contributed by atoms with Crippen LogP contribution in [0.1, 0.15) is 29.9 Å². The Morgan fingerprint density at radius 3 is 2.31 bits per heavy atom. The van der Waals surface area contributed by atoms with E-state index in [-0.39, 0.29) is 35.1 Å². The van der Waals surface area contributed by atoms with Crippen molar-refractivity contribution in [1.29, 1.82) is 0 Å². The van der Waals surface area contributed by atoms with E-state index in [9.17, 15) is 24.3 Å².